The van der Waals surface area contributed by atoms with Crippen LogP contribution >= 0.6 is 0 Å². The van der Waals surface area contributed by atoms with Gasteiger partial charge in [0.15, 0.2) is 22.8 Å². The maximum atomic E-state index is 13.9. The molecule has 0 atom stereocenters. The third-order valence-electron chi connectivity index (χ3n) is 6.95. The summed E-state index contributed by atoms with van der Waals surface area (Å²) in [6.07, 6.45) is -2.98. The molecule has 2 fully saturated rings. The summed E-state index contributed by atoms with van der Waals surface area (Å²) >= 11 is 0. The second-order valence-electron chi connectivity index (χ2n) is 11.1. The molecule has 0 bridgehead atoms. The van der Waals surface area contributed by atoms with Crippen LogP contribution in [-0.4, -0.2) is 117 Å². The summed E-state index contributed by atoms with van der Waals surface area (Å²) in [5, 5.41) is 9.69. The minimum Gasteiger partial charge on any atom is -0.465 e. The van der Waals surface area contributed by atoms with E-state index in [9.17, 15) is 23.1 Å². The van der Waals surface area contributed by atoms with Gasteiger partial charge in [0.2, 0.25) is 11.9 Å². The Morgan fingerprint density at radius 3 is 2.17 bits per heavy atom. The molecular weight excluding hydrogens is 545 g/mol. The number of aromatic nitrogens is 6. The number of imidazole rings is 1. The third kappa shape index (κ3) is 6.12. The fourth-order valence-corrected chi connectivity index (χ4v) is 4.90. The average Bonchev–Trinajstić information content (AvgIpc) is 3.25. The molecule has 5 heterocycles. The number of halogens is 3. The van der Waals surface area contributed by atoms with Gasteiger partial charge in [0.25, 0.3) is 0 Å². The Kier molecular flexibility index (Phi) is 7.63. The van der Waals surface area contributed by atoms with Gasteiger partial charge in [0.05, 0.1) is 18.8 Å². The van der Waals surface area contributed by atoms with Crippen molar-refractivity contribution in [3.63, 3.8) is 0 Å². The normalized spacial score (nSPS) is 17.3. The van der Waals surface area contributed by atoms with Crippen LogP contribution in [0.1, 0.15) is 20.8 Å². The minimum atomic E-state index is -4.52. The van der Waals surface area contributed by atoms with Crippen LogP contribution in [-0.2, 0) is 11.3 Å². The van der Waals surface area contributed by atoms with Crippen LogP contribution in [0.3, 0.4) is 0 Å². The van der Waals surface area contributed by atoms with Crippen LogP contribution in [0.5, 0.6) is 0 Å². The molecule has 0 aliphatic carbocycles. The first-order valence-corrected chi connectivity index (χ1v) is 13.3. The van der Waals surface area contributed by atoms with Crippen molar-refractivity contribution in [3.8, 4) is 11.4 Å². The molecule has 2 aliphatic rings. The molecular formula is C25H33F3N10O3. The molecule has 41 heavy (non-hydrogen) atoms. The largest absolute Gasteiger partial charge is 0.465 e. The summed E-state index contributed by atoms with van der Waals surface area (Å²) in [6.45, 7) is 8.13. The highest BCUT2D eigenvalue weighted by atomic mass is 19.4. The van der Waals surface area contributed by atoms with E-state index >= 15 is 0 Å². The molecule has 1 N–H and O–H groups in total. The van der Waals surface area contributed by atoms with Crippen molar-refractivity contribution in [1.82, 2.24) is 34.4 Å². The van der Waals surface area contributed by atoms with Gasteiger partial charge >= 0.3 is 12.3 Å². The molecule has 2 saturated heterocycles. The second-order valence-corrected chi connectivity index (χ2v) is 11.1. The van der Waals surface area contributed by atoms with Gasteiger partial charge in [-0.05, 0) is 27.8 Å². The lowest BCUT2D eigenvalue weighted by molar-refractivity contribution is -0.139. The van der Waals surface area contributed by atoms with Gasteiger partial charge in [-0.25, -0.2) is 34.6 Å². The van der Waals surface area contributed by atoms with Gasteiger partial charge in [-0.15, -0.1) is 0 Å². The molecule has 1 amide bonds. The number of ether oxygens (including phenoxy) is 1. The molecule has 3 aromatic heterocycles. The zero-order valence-electron chi connectivity index (χ0n) is 23.4. The molecule has 16 heteroatoms. The Hall–Kier alpha value is -3.79. The number of carboxylic acid groups (broad SMARTS) is 1. The SMILES string of the molecule is CN1CCN(c2nc3c(N4CCOCC4)nc(-c4cnc(N(C(=O)O)C(C)(C)C)nc4)nc3n2CC(F)(F)F)CC1. The Morgan fingerprint density at radius 2 is 1.61 bits per heavy atom. The molecule has 0 saturated carbocycles. The van der Waals surface area contributed by atoms with E-state index in [0.29, 0.717) is 63.9 Å². The quantitative estimate of drug-likeness (QED) is 0.480. The Balaban J connectivity index is 1.65. The standard InChI is InChI=1S/C25H33F3N10O3/c1-24(2,3)38(23(39)40)21-29-13-16(14-30-21)18-32-19(35-9-11-41-12-10-35)17-20(33-18)37(15-25(26,27)28)22(31-17)36-7-5-34(4)6-8-36/h13-14H,5-12,15H2,1-4H3,(H,39,40). The summed E-state index contributed by atoms with van der Waals surface area (Å²) in [7, 11) is 1.97. The molecule has 5 rings (SSSR count). The van der Waals surface area contributed by atoms with Crippen LogP contribution in [0.4, 0.5) is 35.7 Å². The van der Waals surface area contributed by atoms with E-state index in [0.717, 1.165) is 9.47 Å². The number of fused-ring (bicyclic) bond motifs is 1. The van der Waals surface area contributed by atoms with Gasteiger partial charge in [-0.2, -0.15) is 13.2 Å². The van der Waals surface area contributed by atoms with E-state index in [-0.39, 0.29) is 28.9 Å². The Labute approximate surface area is 234 Å². The van der Waals surface area contributed by atoms with Crippen molar-refractivity contribution in [2.24, 2.45) is 0 Å². The van der Waals surface area contributed by atoms with E-state index in [2.05, 4.69) is 19.9 Å². The molecule has 0 unspecified atom stereocenters. The summed E-state index contributed by atoms with van der Waals surface area (Å²) in [4.78, 5) is 41.2. The predicted octanol–water partition coefficient (Wildman–Crippen LogP) is 2.72. The third-order valence-corrected chi connectivity index (χ3v) is 6.95. The van der Waals surface area contributed by atoms with Gasteiger partial charge in [0, 0.05) is 57.2 Å². The van der Waals surface area contributed by atoms with Crippen molar-refractivity contribution in [2.75, 3.05) is 74.2 Å². The van der Waals surface area contributed by atoms with Gasteiger partial charge in [0.1, 0.15) is 6.54 Å². The van der Waals surface area contributed by atoms with E-state index < -0.39 is 24.4 Å². The summed E-state index contributed by atoms with van der Waals surface area (Å²) in [5.41, 5.74) is -0.161. The highest BCUT2D eigenvalue weighted by molar-refractivity contribution is 5.88. The first-order valence-electron chi connectivity index (χ1n) is 13.3. The maximum Gasteiger partial charge on any atom is 0.414 e. The van der Waals surface area contributed by atoms with E-state index in [1.54, 1.807) is 20.8 Å². The number of likely N-dealkylation sites (N-methyl/N-ethyl adjacent to an activating group) is 1. The Bertz CT molecular complexity index is 1390. The topological polar surface area (TPSA) is 129 Å². The number of hydrogen-bond acceptors (Lipinski definition) is 10. The van der Waals surface area contributed by atoms with E-state index in [1.807, 2.05) is 16.8 Å². The smallest absolute Gasteiger partial charge is 0.414 e. The second kappa shape index (κ2) is 10.9. The fourth-order valence-electron chi connectivity index (χ4n) is 4.90. The number of piperazine rings is 1. The van der Waals surface area contributed by atoms with Crippen LogP contribution in [0.25, 0.3) is 22.6 Å². The van der Waals surface area contributed by atoms with Crippen molar-refractivity contribution in [3.05, 3.63) is 12.4 Å². The number of carbonyl (C=O) groups is 1. The summed E-state index contributed by atoms with van der Waals surface area (Å²) in [5.74, 6) is 0.662. The molecule has 0 spiro atoms. The predicted molar refractivity (Wildman–Crippen MR) is 145 cm³/mol. The maximum absolute atomic E-state index is 13.9. The first-order chi connectivity index (χ1) is 19.3. The van der Waals surface area contributed by atoms with Crippen molar-refractivity contribution in [2.45, 2.75) is 39.0 Å². The monoisotopic (exact) mass is 578 g/mol. The molecule has 0 aromatic carbocycles. The Morgan fingerprint density at radius 1 is 0.976 bits per heavy atom. The summed E-state index contributed by atoms with van der Waals surface area (Å²) < 4.78 is 48.3. The van der Waals surface area contributed by atoms with Crippen LogP contribution < -0.4 is 14.7 Å². The number of amides is 1. The number of anilines is 3. The van der Waals surface area contributed by atoms with Crippen molar-refractivity contribution in [1.29, 1.82) is 0 Å². The van der Waals surface area contributed by atoms with E-state index in [1.165, 1.54) is 12.4 Å². The fraction of sp³-hybridized carbons (Fsp3) is 0.600. The number of morpholine rings is 1. The number of alkyl halides is 3. The molecule has 2 aliphatic heterocycles. The summed E-state index contributed by atoms with van der Waals surface area (Å²) in [6, 6.07) is 0. The molecule has 13 nitrogen and oxygen atoms in total. The first kappa shape index (κ1) is 28.7. The van der Waals surface area contributed by atoms with E-state index in [4.69, 9.17) is 14.7 Å². The van der Waals surface area contributed by atoms with Crippen molar-refractivity contribution < 1.29 is 27.8 Å². The van der Waals surface area contributed by atoms with Gasteiger partial charge in [-0.3, -0.25) is 4.57 Å². The van der Waals surface area contributed by atoms with Crippen molar-refractivity contribution >= 4 is 35.0 Å². The highest BCUT2D eigenvalue weighted by Crippen LogP contribution is 2.34. The zero-order valence-corrected chi connectivity index (χ0v) is 23.4. The lowest BCUT2D eigenvalue weighted by atomic mass is 10.1. The van der Waals surface area contributed by atoms with Crippen LogP contribution in [0.15, 0.2) is 12.4 Å². The molecule has 3 aromatic rings. The van der Waals surface area contributed by atoms with Gasteiger partial charge in [-0.1, -0.05) is 0 Å². The zero-order chi connectivity index (χ0) is 29.5. The highest BCUT2D eigenvalue weighted by Gasteiger charge is 2.35. The molecule has 222 valence electrons. The average molecular weight is 579 g/mol. The molecule has 0 radical (unpaired) electrons. The lowest BCUT2D eigenvalue weighted by Crippen LogP contribution is -2.46. The van der Waals surface area contributed by atoms with Gasteiger partial charge < -0.3 is 24.5 Å². The van der Waals surface area contributed by atoms with Crippen LogP contribution in [0, 0.1) is 0 Å². The van der Waals surface area contributed by atoms with Crippen LogP contribution in [0.2, 0.25) is 0 Å². The minimum absolute atomic E-state index is 0.0392. The number of nitrogens with zero attached hydrogens (tertiary/aromatic N) is 10. The lowest BCUT2D eigenvalue weighted by Gasteiger charge is -2.33. The number of hydrogen-bond donors (Lipinski definition) is 1. The number of rotatable bonds is 5.